The molecular weight excluding hydrogens is 206 g/mol. The minimum absolute atomic E-state index is 1.05. The number of nitrogens with zero attached hydrogens (tertiary/aromatic N) is 1. The fourth-order valence-corrected chi connectivity index (χ4v) is 1.93. The van der Waals surface area contributed by atoms with Crippen LogP contribution in [0.1, 0.15) is 25.1 Å². The fourth-order valence-electron chi connectivity index (χ4n) is 1.44. The van der Waals surface area contributed by atoms with Crippen molar-refractivity contribution in [2.45, 2.75) is 25.7 Å². The Morgan fingerprint density at radius 2 is 2.20 bits per heavy atom. The van der Waals surface area contributed by atoms with Crippen LogP contribution in [0.5, 0.6) is 0 Å². The lowest BCUT2D eigenvalue weighted by Crippen LogP contribution is -2.17. The number of aryl methyl sites for hydroxylation is 1. The Kier molecular flexibility index (Phi) is 7.38. The number of H-pyrrole nitrogens is 1. The van der Waals surface area contributed by atoms with Crippen LogP contribution >= 0.6 is 11.8 Å². The van der Waals surface area contributed by atoms with Gasteiger partial charge in [-0.25, -0.2) is 4.98 Å². The summed E-state index contributed by atoms with van der Waals surface area (Å²) in [7, 11) is 0. The van der Waals surface area contributed by atoms with Crippen molar-refractivity contribution < 1.29 is 0 Å². The Bertz CT molecular complexity index is 224. The smallest absolute Gasteiger partial charge is 0.106 e. The molecule has 0 aromatic carbocycles. The first-order chi connectivity index (χ1) is 7.43. The first-order valence-corrected chi connectivity index (χ1v) is 7.01. The van der Waals surface area contributed by atoms with Crippen molar-refractivity contribution in [3.8, 4) is 0 Å². The van der Waals surface area contributed by atoms with Gasteiger partial charge in [0, 0.05) is 18.8 Å². The number of rotatable bonds is 9. The van der Waals surface area contributed by atoms with E-state index in [0.717, 1.165) is 31.8 Å². The van der Waals surface area contributed by atoms with Crippen LogP contribution in [0.4, 0.5) is 0 Å². The molecule has 1 aromatic heterocycles. The summed E-state index contributed by atoms with van der Waals surface area (Å²) in [4.78, 5) is 7.30. The Labute approximate surface area is 96.5 Å². The number of imidazole rings is 1. The van der Waals surface area contributed by atoms with Crippen molar-refractivity contribution in [3.05, 3.63) is 18.2 Å². The molecule has 0 aliphatic carbocycles. The minimum Gasteiger partial charge on any atom is -0.349 e. The molecule has 0 radical (unpaired) electrons. The van der Waals surface area contributed by atoms with E-state index in [0.29, 0.717) is 0 Å². The molecule has 1 heterocycles. The van der Waals surface area contributed by atoms with Crippen LogP contribution in [0.25, 0.3) is 0 Å². The zero-order valence-corrected chi connectivity index (χ0v) is 10.3. The molecule has 0 amide bonds. The highest BCUT2D eigenvalue weighted by Crippen LogP contribution is 1.98. The van der Waals surface area contributed by atoms with Gasteiger partial charge in [-0.1, -0.05) is 0 Å². The third kappa shape index (κ3) is 6.57. The molecule has 86 valence electrons. The number of hydrogen-bond donors (Lipinski definition) is 2. The number of nitrogens with one attached hydrogen (secondary N) is 2. The Balaban J connectivity index is 1.81. The second-order valence-electron chi connectivity index (χ2n) is 3.59. The maximum absolute atomic E-state index is 4.19. The predicted octanol–water partition coefficient (Wildman–Crippen LogP) is 2.08. The Morgan fingerprint density at radius 3 is 2.93 bits per heavy atom. The van der Waals surface area contributed by atoms with Crippen LogP contribution in [0.3, 0.4) is 0 Å². The van der Waals surface area contributed by atoms with Gasteiger partial charge in [0.05, 0.1) is 0 Å². The molecule has 1 rings (SSSR count). The van der Waals surface area contributed by atoms with Crippen molar-refractivity contribution in [2.75, 3.05) is 25.1 Å². The van der Waals surface area contributed by atoms with E-state index < -0.39 is 0 Å². The van der Waals surface area contributed by atoms with E-state index in [-0.39, 0.29) is 0 Å². The number of hydrogen-bond acceptors (Lipinski definition) is 3. The molecule has 0 aliphatic rings. The predicted molar refractivity (Wildman–Crippen MR) is 67.4 cm³/mol. The van der Waals surface area contributed by atoms with Gasteiger partial charge in [-0.2, -0.15) is 11.8 Å². The molecule has 0 bridgehead atoms. The van der Waals surface area contributed by atoms with Crippen molar-refractivity contribution in [2.24, 2.45) is 0 Å². The maximum Gasteiger partial charge on any atom is 0.106 e. The summed E-state index contributed by atoms with van der Waals surface area (Å²) in [6, 6.07) is 0. The summed E-state index contributed by atoms with van der Waals surface area (Å²) in [5.74, 6) is 2.38. The molecule has 0 atom stereocenters. The lowest BCUT2D eigenvalue weighted by atomic mass is 10.3. The molecule has 4 heteroatoms. The first kappa shape index (κ1) is 12.6. The average molecular weight is 227 g/mol. The van der Waals surface area contributed by atoms with Crippen LogP contribution in [0.2, 0.25) is 0 Å². The summed E-state index contributed by atoms with van der Waals surface area (Å²) in [5, 5.41) is 3.46. The quantitative estimate of drug-likeness (QED) is 0.635. The molecule has 0 spiro atoms. The van der Waals surface area contributed by atoms with Crippen molar-refractivity contribution in [3.63, 3.8) is 0 Å². The Hall–Kier alpha value is -0.480. The summed E-state index contributed by atoms with van der Waals surface area (Å²) in [5.41, 5.74) is 0. The molecule has 0 aliphatic heterocycles. The van der Waals surface area contributed by atoms with Crippen LogP contribution in [0.15, 0.2) is 12.4 Å². The number of thioether (sulfide) groups is 1. The van der Waals surface area contributed by atoms with E-state index in [1.54, 1.807) is 0 Å². The number of aromatic nitrogens is 2. The molecule has 1 aromatic rings. The first-order valence-electron chi connectivity index (χ1n) is 5.61. The van der Waals surface area contributed by atoms with Crippen LogP contribution < -0.4 is 5.32 Å². The van der Waals surface area contributed by atoms with Gasteiger partial charge in [0.1, 0.15) is 5.82 Å². The molecule has 15 heavy (non-hydrogen) atoms. The average Bonchev–Trinajstić information content (AvgIpc) is 2.75. The highest BCUT2D eigenvalue weighted by atomic mass is 32.2. The molecule has 2 N–H and O–H groups in total. The van der Waals surface area contributed by atoms with E-state index in [1.165, 1.54) is 18.6 Å². The lowest BCUT2D eigenvalue weighted by Gasteiger charge is -2.03. The third-order valence-electron chi connectivity index (χ3n) is 2.27. The van der Waals surface area contributed by atoms with Gasteiger partial charge in [0.15, 0.2) is 0 Å². The minimum atomic E-state index is 1.05. The van der Waals surface area contributed by atoms with Gasteiger partial charge in [-0.05, 0) is 44.4 Å². The van der Waals surface area contributed by atoms with E-state index in [4.69, 9.17) is 0 Å². The van der Waals surface area contributed by atoms with E-state index >= 15 is 0 Å². The second kappa shape index (κ2) is 8.80. The monoisotopic (exact) mass is 227 g/mol. The molecule has 0 fully saturated rings. The van der Waals surface area contributed by atoms with Gasteiger partial charge < -0.3 is 10.3 Å². The SMILES string of the molecule is CSCCCCNCCCc1ncc[nH]1. The fraction of sp³-hybridized carbons (Fsp3) is 0.727. The van der Waals surface area contributed by atoms with Crippen LogP contribution in [0, 0.1) is 0 Å². The third-order valence-corrected chi connectivity index (χ3v) is 2.97. The van der Waals surface area contributed by atoms with E-state index in [1.807, 2.05) is 24.2 Å². The van der Waals surface area contributed by atoms with E-state index in [9.17, 15) is 0 Å². The standard InChI is InChI=1S/C11H21N3S/c1-15-10-3-2-6-12-7-4-5-11-13-8-9-14-11/h8-9,12H,2-7,10H2,1H3,(H,13,14). The molecule has 0 saturated heterocycles. The van der Waals surface area contributed by atoms with Gasteiger partial charge in [0.25, 0.3) is 0 Å². The zero-order valence-electron chi connectivity index (χ0n) is 9.46. The van der Waals surface area contributed by atoms with Crippen LogP contribution in [-0.4, -0.2) is 35.1 Å². The van der Waals surface area contributed by atoms with Crippen molar-refractivity contribution in [1.82, 2.24) is 15.3 Å². The zero-order chi connectivity index (χ0) is 10.8. The summed E-state index contributed by atoms with van der Waals surface area (Å²) in [6.45, 7) is 2.25. The van der Waals surface area contributed by atoms with Crippen molar-refractivity contribution >= 4 is 11.8 Å². The summed E-state index contributed by atoms with van der Waals surface area (Å²) >= 11 is 1.93. The van der Waals surface area contributed by atoms with Gasteiger partial charge in [-0.3, -0.25) is 0 Å². The van der Waals surface area contributed by atoms with Gasteiger partial charge >= 0.3 is 0 Å². The van der Waals surface area contributed by atoms with E-state index in [2.05, 4.69) is 21.5 Å². The largest absolute Gasteiger partial charge is 0.349 e. The number of unbranched alkanes of at least 4 members (excludes halogenated alkanes) is 1. The second-order valence-corrected chi connectivity index (χ2v) is 4.57. The summed E-state index contributed by atoms with van der Waals surface area (Å²) < 4.78 is 0. The highest BCUT2D eigenvalue weighted by Gasteiger charge is 1.94. The van der Waals surface area contributed by atoms with Gasteiger partial charge in [0.2, 0.25) is 0 Å². The van der Waals surface area contributed by atoms with Crippen LogP contribution in [-0.2, 0) is 6.42 Å². The van der Waals surface area contributed by atoms with Crippen molar-refractivity contribution in [1.29, 1.82) is 0 Å². The highest BCUT2D eigenvalue weighted by molar-refractivity contribution is 7.98. The normalized spacial score (nSPS) is 10.7. The summed E-state index contributed by atoms with van der Waals surface area (Å²) in [6.07, 6.45) is 10.7. The lowest BCUT2D eigenvalue weighted by molar-refractivity contribution is 0.613. The molecule has 0 saturated carbocycles. The maximum atomic E-state index is 4.19. The molecular formula is C11H21N3S. The topological polar surface area (TPSA) is 40.7 Å². The Morgan fingerprint density at radius 1 is 1.33 bits per heavy atom. The molecule has 3 nitrogen and oxygen atoms in total. The number of aromatic amines is 1. The van der Waals surface area contributed by atoms with Gasteiger partial charge in [-0.15, -0.1) is 0 Å². The molecule has 0 unspecified atom stereocenters.